The third kappa shape index (κ3) is 5.35. The van der Waals surface area contributed by atoms with Gasteiger partial charge in [-0.15, -0.1) is 0 Å². The van der Waals surface area contributed by atoms with Gasteiger partial charge in [0, 0.05) is 70.6 Å². The standard InChI is InChI=1S/C26H35N5O3/c1-29(13-14-32-2)16-20-8-10-25(27-15-20)33-19-21-7-9-22-18-31(12-11-30(22)17-21)26-23-5-3-4-6-24(23)34-28-26/h3-6,8,10,15,21-22H,7,9,11-14,16-19H2,1-2H3/t21-,22-/m0/s1. The highest BCUT2D eigenvalue weighted by Crippen LogP contribution is 2.31. The Morgan fingerprint density at radius 3 is 2.88 bits per heavy atom. The monoisotopic (exact) mass is 465 g/mol. The summed E-state index contributed by atoms with van der Waals surface area (Å²) < 4.78 is 16.7. The highest BCUT2D eigenvalue weighted by molar-refractivity contribution is 5.88. The fourth-order valence-corrected chi connectivity index (χ4v) is 5.12. The molecule has 34 heavy (non-hydrogen) atoms. The Labute approximate surface area is 201 Å². The van der Waals surface area contributed by atoms with Crippen molar-refractivity contribution in [2.24, 2.45) is 5.92 Å². The van der Waals surface area contributed by atoms with E-state index in [1.54, 1.807) is 7.11 Å². The highest BCUT2D eigenvalue weighted by Gasteiger charge is 2.34. The van der Waals surface area contributed by atoms with Crippen LogP contribution in [0.3, 0.4) is 0 Å². The van der Waals surface area contributed by atoms with Crippen LogP contribution in [0.25, 0.3) is 11.0 Å². The SMILES string of the molecule is COCCN(C)Cc1ccc(OC[C@H]2CC[C@H]3CN(c4noc5ccccc45)CCN3C2)nc1. The summed E-state index contributed by atoms with van der Waals surface area (Å²) in [4.78, 5) is 11.8. The molecule has 2 fully saturated rings. The first-order chi connectivity index (χ1) is 16.7. The Bertz CT molecular complexity index is 1060. The zero-order valence-corrected chi connectivity index (χ0v) is 20.2. The van der Waals surface area contributed by atoms with Gasteiger partial charge in [0.05, 0.1) is 18.6 Å². The number of piperidine rings is 1. The lowest BCUT2D eigenvalue weighted by atomic mass is 9.91. The Balaban J connectivity index is 1.09. The number of aromatic nitrogens is 2. The molecular weight excluding hydrogens is 430 g/mol. The number of para-hydroxylation sites is 1. The van der Waals surface area contributed by atoms with E-state index in [4.69, 9.17) is 14.0 Å². The molecule has 2 aliphatic rings. The summed E-state index contributed by atoms with van der Waals surface area (Å²) in [5, 5.41) is 5.48. The van der Waals surface area contributed by atoms with Crippen LogP contribution in [0.2, 0.25) is 0 Å². The minimum atomic E-state index is 0.539. The highest BCUT2D eigenvalue weighted by atomic mass is 16.5. The molecular formula is C26H35N5O3. The zero-order chi connectivity index (χ0) is 23.3. The van der Waals surface area contributed by atoms with Crippen LogP contribution in [-0.2, 0) is 11.3 Å². The number of nitrogens with zero attached hydrogens (tertiary/aromatic N) is 5. The number of pyridine rings is 1. The number of rotatable bonds is 9. The van der Waals surface area contributed by atoms with Crippen molar-refractivity contribution in [1.82, 2.24) is 19.9 Å². The van der Waals surface area contributed by atoms with Crippen LogP contribution in [-0.4, -0.2) is 86.1 Å². The second-order valence-electron chi connectivity index (χ2n) is 9.59. The van der Waals surface area contributed by atoms with E-state index in [1.807, 2.05) is 30.5 Å². The molecule has 8 heteroatoms. The number of likely N-dealkylation sites (N-methyl/N-ethyl adjacent to an activating group) is 1. The van der Waals surface area contributed by atoms with Gasteiger partial charge in [-0.25, -0.2) is 4.98 Å². The molecule has 2 aliphatic heterocycles. The lowest BCUT2D eigenvalue weighted by molar-refractivity contribution is 0.0716. The Morgan fingerprint density at radius 2 is 2.03 bits per heavy atom. The second-order valence-corrected chi connectivity index (χ2v) is 9.59. The molecule has 1 aromatic carbocycles. The summed E-state index contributed by atoms with van der Waals surface area (Å²) in [5.41, 5.74) is 2.05. The minimum absolute atomic E-state index is 0.539. The number of methoxy groups -OCH3 is 1. The first-order valence-electron chi connectivity index (χ1n) is 12.3. The lowest BCUT2D eigenvalue weighted by Crippen LogP contribution is -2.57. The molecule has 182 valence electrons. The Morgan fingerprint density at radius 1 is 1.12 bits per heavy atom. The number of benzene rings is 1. The fourth-order valence-electron chi connectivity index (χ4n) is 5.12. The van der Waals surface area contributed by atoms with Crippen LogP contribution in [0, 0.1) is 5.92 Å². The molecule has 0 amide bonds. The van der Waals surface area contributed by atoms with Crippen LogP contribution in [0.1, 0.15) is 18.4 Å². The first-order valence-corrected chi connectivity index (χ1v) is 12.3. The summed E-state index contributed by atoms with van der Waals surface area (Å²) in [6.07, 6.45) is 4.28. The Kier molecular flexibility index (Phi) is 7.27. The summed E-state index contributed by atoms with van der Waals surface area (Å²) in [7, 11) is 3.82. The van der Waals surface area contributed by atoms with Crippen LogP contribution in [0.15, 0.2) is 47.1 Å². The van der Waals surface area contributed by atoms with Crippen LogP contribution < -0.4 is 9.64 Å². The quantitative estimate of drug-likeness (QED) is 0.477. The molecule has 0 radical (unpaired) electrons. The van der Waals surface area contributed by atoms with E-state index in [2.05, 4.69) is 44.0 Å². The molecule has 0 unspecified atom stereocenters. The lowest BCUT2D eigenvalue weighted by Gasteiger charge is -2.46. The second kappa shape index (κ2) is 10.7. The summed E-state index contributed by atoms with van der Waals surface area (Å²) in [5.74, 6) is 2.24. The van der Waals surface area contributed by atoms with Gasteiger partial charge in [0.25, 0.3) is 0 Å². The van der Waals surface area contributed by atoms with Crippen LogP contribution in [0.4, 0.5) is 5.82 Å². The maximum absolute atomic E-state index is 6.07. The van der Waals surface area contributed by atoms with Crippen molar-refractivity contribution in [1.29, 1.82) is 0 Å². The molecule has 3 aromatic rings. The smallest absolute Gasteiger partial charge is 0.213 e. The van der Waals surface area contributed by atoms with Crippen molar-refractivity contribution >= 4 is 16.8 Å². The van der Waals surface area contributed by atoms with E-state index >= 15 is 0 Å². The number of fused-ring (bicyclic) bond motifs is 2. The van der Waals surface area contributed by atoms with Crippen molar-refractivity contribution in [2.45, 2.75) is 25.4 Å². The van der Waals surface area contributed by atoms with Gasteiger partial charge < -0.3 is 18.9 Å². The number of piperazine rings is 1. The third-order valence-corrected chi connectivity index (χ3v) is 7.06. The van der Waals surface area contributed by atoms with Gasteiger partial charge in [-0.3, -0.25) is 9.80 Å². The minimum Gasteiger partial charge on any atom is -0.477 e. The summed E-state index contributed by atoms with van der Waals surface area (Å²) >= 11 is 0. The third-order valence-electron chi connectivity index (χ3n) is 7.06. The van der Waals surface area contributed by atoms with E-state index in [9.17, 15) is 0 Å². The molecule has 8 nitrogen and oxygen atoms in total. The van der Waals surface area contributed by atoms with E-state index in [0.29, 0.717) is 17.8 Å². The molecule has 0 saturated carbocycles. The molecule has 0 bridgehead atoms. The zero-order valence-electron chi connectivity index (χ0n) is 20.2. The number of ether oxygens (including phenoxy) is 2. The van der Waals surface area contributed by atoms with Gasteiger partial charge in [0.1, 0.15) is 0 Å². The predicted molar refractivity (Wildman–Crippen MR) is 132 cm³/mol. The van der Waals surface area contributed by atoms with Gasteiger partial charge in [0.15, 0.2) is 11.4 Å². The normalized spacial score (nSPS) is 21.2. The Hall–Kier alpha value is -2.68. The van der Waals surface area contributed by atoms with Gasteiger partial charge in [0.2, 0.25) is 5.88 Å². The van der Waals surface area contributed by atoms with E-state index in [-0.39, 0.29) is 0 Å². The molecule has 4 heterocycles. The summed E-state index contributed by atoms with van der Waals surface area (Å²) in [6, 6.07) is 12.8. The molecule has 0 aliphatic carbocycles. The van der Waals surface area contributed by atoms with Gasteiger partial charge in [-0.2, -0.15) is 0 Å². The largest absolute Gasteiger partial charge is 0.477 e. The fraction of sp³-hybridized carbons (Fsp3) is 0.538. The van der Waals surface area contributed by atoms with Gasteiger partial charge in [-0.05, 0) is 37.6 Å². The van der Waals surface area contributed by atoms with Crippen molar-refractivity contribution in [3.63, 3.8) is 0 Å². The number of hydrogen-bond donors (Lipinski definition) is 0. The average Bonchev–Trinajstić information content (AvgIpc) is 3.31. The molecule has 2 atom stereocenters. The molecule has 2 aromatic heterocycles. The average molecular weight is 466 g/mol. The van der Waals surface area contributed by atoms with Crippen molar-refractivity contribution in [2.75, 3.05) is 65.0 Å². The van der Waals surface area contributed by atoms with Crippen molar-refractivity contribution < 1.29 is 14.0 Å². The molecule has 0 N–H and O–H groups in total. The van der Waals surface area contributed by atoms with Crippen molar-refractivity contribution in [3.8, 4) is 5.88 Å². The van der Waals surface area contributed by atoms with Gasteiger partial charge >= 0.3 is 0 Å². The van der Waals surface area contributed by atoms with E-state index in [1.165, 1.54) is 18.4 Å². The molecule has 2 saturated heterocycles. The number of hydrogen-bond acceptors (Lipinski definition) is 8. The first kappa shape index (κ1) is 23.1. The van der Waals surface area contributed by atoms with E-state index in [0.717, 1.165) is 69.3 Å². The van der Waals surface area contributed by atoms with Crippen LogP contribution >= 0.6 is 0 Å². The maximum atomic E-state index is 6.07. The molecule has 5 rings (SSSR count). The van der Waals surface area contributed by atoms with Crippen LogP contribution in [0.5, 0.6) is 5.88 Å². The molecule has 0 spiro atoms. The van der Waals surface area contributed by atoms with Crippen molar-refractivity contribution in [3.05, 3.63) is 48.2 Å². The maximum Gasteiger partial charge on any atom is 0.213 e. The predicted octanol–water partition coefficient (Wildman–Crippen LogP) is 3.28. The van der Waals surface area contributed by atoms with E-state index < -0.39 is 0 Å². The number of anilines is 1. The summed E-state index contributed by atoms with van der Waals surface area (Å²) in [6.45, 7) is 7.33. The van der Waals surface area contributed by atoms with Gasteiger partial charge in [-0.1, -0.05) is 23.4 Å². The topological polar surface area (TPSA) is 67.1 Å².